The second-order valence-electron chi connectivity index (χ2n) is 8.21. The Balaban J connectivity index is 1.21. The number of para-hydroxylation sites is 1. The number of aromatic hydroxyl groups is 1. The molecule has 1 aliphatic heterocycles. The fraction of sp³-hybridized carbons (Fsp3) is 0.174. The van der Waals surface area contributed by atoms with Crippen LogP contribution in [0.3, 0.4) is 0 Å². The molecule has 0 bridgehead atoms. The Morgan fingerprint density at radius 2 is 1.83 bits per heavy atom. The third kappa shape index (κ3) is 3.53. The summed E-state index contributed by atoms with van der Waals surface area (Å²) in [5, 5.41) is 26.6. The quantitative estimate of drug-likeness (QED) is 0.274. The van der Waals surface area contributed by atoms with Gasteiger partial charge in [-0.05, 0) is 12.1 Å². The SMILES string of the molecule is O=C(C(=O)N1CCN(c2nncn2-c2ccccc2)CC1)c1c[nH]c2c(-n3ccnn3)ncc(O)c12. The first kappa shape index (κ1) is 21.5. The number of anilines is 1. The minimum atomic E-state index is -0.715. The van der Waals surface area contributed by atoms with E-state index in [4.69, 9.17) is 0 Å². The van der Waals surface area contributed by atoms with Crippen LogP contribution >= 0.6 is 0 Å². The number of benzene rings is 1. The lowest BCUT2D eigenvalue weighted by Gasteiger charge is -2.34. The molecule has 0 unspecified atom stereocenters. The Hall–Kier alpha value is -5.07. The van der Waals surface area contributed by atoms with E-state index in [1.807, 2.05) is 39.8 Å². The first-order chi connectivity index (χ1) is 17.6. The fourth-order valence-electron chi connectivity index (χ4n) is 4.37. The van der Waals surface area contributed by atoms with Crippen molar-refractivity contribution in [2.45, 2.75) is 0 Å². The molecule has 0 radical (unpaired) electrons. The van der Waals surface area contributed by atoms with E-state index in [0.717, 1.165) is 5.69 Å². The highest BCUT2D eigenvalue weighted by molar-refractivity contribution is 6.45. The number of aromatic amines is 1. The summed E-state index contributed by atoms with van der Waals surface area (Å²) in [6.45, 7) is 1.66. The lowest BCUT2D eigenvalue weighted by Crippen LogP contribution is -2.51. The normalized spacial score (nSPS) is 13.9. The molecular weight excluding hydrogens is 464 g/mol. The summed E-state index contributed by atoms with van der Waals surface area (Å²) in [7, 11) is 0. The number of H-pyrrole nitrogens is 1. The van der Waals surface area contributed by atoms with Crippen molar-refractivity contribution in [3.05, 3.63) is 67.0 Å². The predicted molar refractivity (Wildman–Crippen MR) is 127 cm³/mol. The van der Waals surface area contributed by atoms with E-state index in [1.165, 1.54) is 28.2 Å². The average Bonchev–Trinajstić information content (AvgIpc) is 3.70. The number of piperazine rings is 1. The molecule has 4 aromatic heterocycles. The molecule has 1 fully saturated rings. The minimum Gasteiger partial charge on any atom is -0.506 e. The van der Waals surface area contributed by atoms with Crippen molar-refractivity contribution in [1.82, 2.24) is 44.6 Å². The Labute approximate surface area is 203 Å². The second-order valence-corrected chi connectivity index (χ2v) is 8.21. The molecule has 180 valence electrons. The van der Waals surface area contributed by atoms with Crippen LogP contribution in [0.25, 0.3) is 22.4 Å². The number of ketones is 1. The maximum absolute atomic E-state index is 13.2. The number of hydrogen-bond acceptors (Lipinski definition) is 9. The zero-order valence-electron chi connectivity index (χ0n) is 18.9. The summed E-state index contributed by atoms with van der Waals surface area (Å²) in [5.41, 5.74) is 1.38. The molecule has 13 heteroatoms. The van der Waals surface area contributed by atoms with E-state index >= 15 is 0 Å². The topological polar surface area (TPSA) is 151 Å². The molecule has 0 atom stereocenters. The van der Waals surface area contributed by atoms with E-state index in [1.54, 1.807) is 12.5 Å². The van der Waals surface area contributed by atoms with Crippen LogP contribution in [-0.2, 0) is 4.79 Å². The van der Waals surface area contributed by atoms with E-state index in [0.29, 0.717) is 43.5 Å². The Bertz CT molecular complexity index is 1550. The summed E-state index contributed by atoms with van der Waals surface area (Å²) < 4.78 is 3.29. The molecule has 5 aromatic rings. The van der Waals surface area contributed by atoms with Gasteiger partial charge < -0.3 is 19.9 Å². The van der Waals surface area contributed by atoms with Crippen LogP contribution in [0.1, 0.15) is 10.4 Å². The van der Waals surface area contributed by atoms with Crippen LogP contribution in [0.15, 0.2) is 61.4 Å². The lowest BCUT2D eigenvalue weighted by atomic mass is 10.1. The van der Waals surface area contributed by atoms with E-state index in [9.17, 15) is 14.7 Å². The number of rotatable bonds is 5. The molecule has 0 aliphatic carbocycles. The van der Waals surface area contributed by atoms with E-state index in [-0.39, 0.29) is 16.7 Å². The Morgan fingerprint density at radius 3 is 2.58 bits per heavy atom. The van der Waals surface area contributed by atoms with Gasteiger partial charge in [0.2, 0.25) is 5.95 Å². The molecule has 0 spiro atoms. The van der Waals surface area contributed by atoms with Gasteiger partial charge in [-0.3, -0.25) is 14.2 Å². The highest BCUT2D eigenvalue weighted by Gasteiger charge is 2.31. The number of fused-ring (bicyclic) bond motifs is 1. The van der Waals surface area contributed by atoms with Crippen LogP contribution in [0.5, 0.6) is 5.75 Å². The zero-order valence-corrected chi connectivity index (χ0v) is 18.9. The van der Waals surface area contributed by atoms with Gasteiger partial charge in [0.25, 0.3) is 11.7 Å². The van der Waals surface area contributed by atoms with Gasteiger partial charge in [0.15, 0.2) is 5.82 Å². The van der Waals surface area contributed by atoms with Crippen LogP contribution < -0.4 is 4.90 Å². The number of amides is 1. The molecular formula is C23H20N10O3. The van der Waals surface area contributed by atoms with Crippen LogP contribution in [0.4, 0.5) is 5.95 Å². The molecule has 2 N–H and O–H groups in total. The molecule has 6 rings (SSSR count). The lowest BCUT2D eigenvalue weighted by molar-refractivity contribution is -0.126. The van der Waals surface area contributed by atoms with Gasteiger partial charge in [-0.2, -0.15) is 0 Å². The molecule has 1 aliphatic rings. The van der Waals surface area contributed by atoms with Crippen molar-refractivity contribution in [1.29, 1.82) is 0 Å². The third-order valence-electron chi connectivity index (χ3n) is 6.16. The molecule has 1 amide bonds. The van der Waals surface area contributed by atoms with Crippen molar-refractivity contribution in [3.63, 3.8) is 0 Å². The highest BCUT2D eigenvalue weighted by atomic mass is 16.3. The number of carbonyl (C=O) groups excluding carboxylic acids is 2. The number of carbonyl (C=O) groups is 2. The van der Waals surface area contributed by atoms with Gasteiger partial charge >= 0.3 is 0 Å². The monoisotopic (exact) mass is 484 g/mol. The highest BCUT2D eigenvalue weighted by Crippen LogP contribution is 2.31. The molecule has 1 aromatic carbocycles. The zero-order chi connectivity index (χ0) is 24.6. The summed E-state index contributed by atoms with van der Waals surface area (Å²) in [6, 6.07) is 9.75. The van der Waals surface area contributed by atoms with Crippen molar-refractivity contribution >= 4 is 28.5 Å². The molecule has 0 saturated carbocycles. The molecule has 5 heterocycles. The number of pyridine rings is 1. The number of Topliss-reactive ketones (excluding diaryl/α,β-unsaturated/α-hetero) is 1. The summed E-state index contributed by atoms with van der Waals surface area (Å²) in [4.78, 5) is 37.0. The average molecular weight is 484 g/mol. The Kier molecular flexibility index (Phi) is 5.13. The first-order valence-corrected chi connectivity index (χ1v) is 11.2. The number of hydrogen-bond donors (Lipinski definition) is 2. The van der Waals surface area contributed by atoms with Gasteiger partial charge in [-0.15, -0.1) is 15.3 Å². The number of aromatic nitrogens is 8. The first-order valence-electron chi connectivity index (χ1n) is 11.2. The summed E-state index contributed by atoms with van der Waals surface area (Å²) >= 11 is 0. The standard InChI is InChI=1S/C23H20N10O3/c34-17-13-25-21(33-7-6-26-29-33)19-18(17)16(12-24-19)20(35)22(36)30-8-10-31(11-9-30)23-28-27-14-32(23)15-4-2-1-3-5-15/h1-7,12-14,24,34H,8-11H2. The number of nitrogens with zero attached hydrogens (tertiary/aromatic N) is 9. The van der Waals surface area contributed by atoms with Crippen molar-refractivity contribution in [2.24, 2.45) is 0 Å². The van der Waals surface area contributed by atoms with Crippen LogP contribution in [0.2, 0.25) is 0 Å². The van der Waals surface area contributed by atoms with Gasteiger partial charge in [0.1, 0.15) is 12.1 Å². The van der Waals surface area contributed by atoms with Crippen LogP contribution in [-0.4, -0.2) is 87.6 Å². The molecule has 13 nitrogen and oxygen atoms in total. The summed E-state index contributed by atoms with van der Waals surface area (Å²) in [6.07, 6.45) is 7.35. The van der Waals surface area contributed by atoms with Crippen molar-refractivity contribution < 1.29 is 14.7 Å². The minimum absolute atomic E-state index is 0.0718. The van der Waals surface area contributed by atoms with Gasteiger partial charge in [-0.1, -0.05) is 23.4 Å². The molecule has 1 saturated heterocycles. The van der Waals surface area contributed by atoms with Gasteiger partial charge in [0.05, 0.1) is 40.7 Å². The predicted octanol–water partition coefficient (Wildman–Crippen LogP) is 0.961. The Morgan fingerprint density at radius 1 is 1.03 bits per heavy atom. The number of nitrogens with one attached hydrogen (secondary N) is 1. The fourth-order valence-corrected chi connectivity index (χ4v) is 4.37. The molecule has 36 heavy (non-hydrogen) atoms. The van der Waals surface area contributed by atoms with Gasteiger partial charge in [-0.25, -0.2) is 9.67 Å². The maximum Gasteiger partial charge on any atom is 0.295 e. The third-order valence-corrected chi connectivity index (χ3v) is 6.16. The van der Waals surface area contributed by atoms with Crippen molar-refractivity contribution in [2.75, 3.05) is 31.1 Å². The van der Waals surface area contributed by atoms with E-state index in [2.05, 4.69) is 30.5 Å². The summed E-state index contributed by atoms with van der Waals surface area (Å²) in [5.74, 6) is -0.541. The van der Waals surface area contributed by atoms with Crippen LogP contribution in [0, 0.1) is 0 Å². The second kappa shape index (κ2) is 8.61. The van der Waals surface area contributed by atoms with E-state index < -0.39 is 11.7 Å². The van der Waals surface area contributed by atoms with Gasteiger partial charge in [0, 0.05) is 32.4 Å². The largest absolute Gasteiger partial charge is 0.506 e. The van der Waals surface area contributed by atoms with Crippen molar-refractivity contribution in [3.8, 4) is 17.3 Å². The maximum atomic E-state index is 13.2. The smallest absolute Gasteiger partial charge is 0.295 e.